The van der Waals surface area contributed by atoms with Crippen LogP contribution >= 0.6 is 0 Å². The normalized spacial score (nSPS) is 12.1. The molecule has 1 heterocycles. The van der Waals surface area contributed by atoms with E-state index in [1.165, 1.54) is 0 Å². The molecule has 6 nitrogen and oxygen atoms in total. The van der Waals surface area contributed by atoms with Crippen molar-refractivity contribution >= 4 is 17.7 Å². The number of hydrogen-bond donors (Lipinski definition) is 2. The Morgan fingerprint density at radius 1 is 1.04 bits per heavy atom. The molecule has 1 aromatic heterocycles. The Morgan fingerprint density at radius 3 is 2.25 bits per heavy atom. The number of benzene rings is 1. The van der Waals surface area contributed by atoms with Gasteiger partial charge in [0.05, 0.1) is 0 Å². The predicted octanol–water partition coefficient (Wildman–Crippen LogP) is 3.29. The van der Waals surface area contributed by atoms with E-state index in [1.807, 2.05) is 6.07 Å². The Labute approximate surface area is 141 Å². The van der Waals surface area contributed by atoms with Gasteiger partial charge in [-0.05, 0) is 38.5 Å². The van der Waals surface area contributed by atoms with Gasteiger partial charge in [0, 0.05) is 18.1 Å². The van der Waals surface area contributed by atoms with Gasteiger partial charge in [-0.1, -0.05) is 30.3 Å². The van der Waals surface area contributed by atoms with Gasteiger partial charge in [0.25, 0.3) is 5.91 Å². The second-order valence-corrected chi connectivity index (χ2v) is 6.22. The first-order valence-corrected chi connectivity index (χ1v) is 7.60. The van der Waals surface area contributed by atoms with Crippen LogP contribution in [0.3, 0.4) is 0 Å². The van der Waals surface area contributed by atoms with Crippen molar-refractivity contribution < 1.29 is 14.3 Å². The summed E-state index contributed by atoms with van der Waals surface area (Å²) in [6.07, 6.45) is 2.50. The minimum atomic E-state index is -0.866. The number of alkyl carbamates (subject to hydrolysis) is 1. The van der Waals surface area contributed by atoms with Gasteiger partial charge in [0.1, 0.15) is 11.6 Å². The summed E-state index contributed by atoms with van der Waals surface area (Å²) in [5.41, 5.74) is 0.615. The first-order chi connectivity index (χ1) is 11.3. The Morgan fingerprint density at radius 2 is 1.67 bits per heavy atom. The number of rotatable bonds is 4. The van der Waals surface area contributed by atoms with Gasteiger partial charge < -0.3 is 15.4 Å². The molecule has 1 atom stereocenters. The summed E-state index contributed by atoms with van der Waals surface area (Å²) < 4.78 is 5.25. The Kier molecular flexibility index (Phi) is 5.52. The fraction of sp³-hybridized carbons (Fsp3) is 0.278. The number of amides is 2. The molecular weight excluding hydrogens is 306 g/mol. The zero-order valence-corrected chi connectivity index (χ0v) is 13.9. The molecule has 24 heavy (non-hydrogen) atoms. The van der Waals surface area contributed by atoms with Crippen LogP contribution in [-0.2, 0) is 9.53 Å². The van der Waals surface area contributed by atoms with Gasteiger partial charge in [0.2, 0.25) is 0 Å². The smallest absolute Gasteiger partial charge is 0.408 e. The number of pyridine rings is 1. The van der Waals surface area contributed by atoms with Gasteiger partial charge in [-0.3, -0.25) is 9.78 Å². The lowest BCUT2D eigenvalue weighted by molar-refractivity contribution is -0.118. The van der Waals surface area contributed by atoms with Crippen molar-refractivity contribution in [2.45, 2.75) is 32.4 Å². The monoisotopic (exact) mass is 327 g/mol. The molecule has 2 rings (SSSR count). The number of carbonyl (C=O) groups excluding carboxylic acids is 2. The van der Waals surface area contributed by atoms with Crippen LogP contribution in [0.5, 0.6) is 0 Å². The molecular formula is C18H21N3O3. The van der Waals surface area contributed by atoms with E-state index >= 15 is 0 Å². The van der Waals surface area contributed by atoms with Crippen molar-refractivity contribution in [2.75, 3.05) is 5.32 Å². The zero-order chi connectivity index (χ0) is 17.6. The number of anilines is 1. The average Bonchev–Trinajstić information content (AvgIpc) is 2.52. The molecule has 126 valence electrons. The van der Waals surface area contributed by atoms with E-state index in [4.69, 9.17) is 4.74 Å². The van der Waals surface area contributed by atoms with Crippen LogP contribution in [0.1, 0.15) is 32.4 Å². The van der Waals surface area contributed by atoms with Crippen molar-refractivity contribution in [1.82, 2.24) is 10.3 Å². The highest BCUT2D eigenvalue weighted by atomic mass is 16.6. The summed E-state index contributed by atoms with van der Waals surface area (Å²) in [7, 11) is 0. The highest BCUT2D eigenvalue weighted by Gasteiger charge is 2.25. The standard InChI is InChI=1S/C18H21N3O3/c1-18(2,3)24-17(23)21-15(13-7-5-4-6-8-13)16(22)20-14-9-11-19-12-10-14/h4-12,15H,1-3H3,(H,21,23)(H,19,20,22)/t15-/m0/s1. The molecule has 0 saturated carbocycles. The number of aromatic nitrogens is 1. The molecule has 0 aliphatic rings. The average molecular weight is 327 g/mol. The summed E-state index contributed by atoms with van der Waals surface area (Å²) in [6.45, 7) is 5.30. The fourth-order valence-electron chi connectivity index (χ4n) is 2.02. The largest absolute Gasteiger partial charge is 0.444 e. The molecule has 0 unspecified atom stereocenters. The quantitative estimate of drug-likeness (QED) is 0.903. The molecule has 2 N–H and O–H groups in total. The van der Waals surface area contributed by atoms with Crippen molar-refractivity contribution in [1.29, 1.82) is 0 Å². The van der Waals surface area contributed by atoms with Gasteiger partial charge in [-0.2, -0.15) is 0 Å². The third-order valence-corrected chi connectivity index (χ3v) is 3.00. The van der Waals surface area contributed by atoms with Gasteiger partial charge >= 0.3 is 6.09 Å². The molecule has 2 aromatic rings. The maximum absolute atomic E-state index is 12.6. The van der Waals surface area contributed by atoms with Crippen LogP contribution in [0.4, 0.5) is 10.5 Å². The molecule has 0 aliphatic carbocycles. The van der Waals surface area contributed by atoms with Crippen LogP contribution in [0.15, 0.2) is 54.9 Å². The highest BCUT2D eigenvalue weighted by molar-refractivity contribution is 5.97. The van der Waals surface area contributed by atoms with Crippen LogP contribution in [0, 0.1) is 0 Å². The molecule has 0 aliphatic heterocycles. The summed E-state index contributed by atoms with van der Waals surface area (Å²) in [5.74, 6) is -0.363. The number of hydrogen-bond acceptors (Lipinski definition) is 4. The predicted molar refractivity (Wildman–Crippen MR) is 91.4 cm³/mol. The molecule has 6 heteroatoms. The third kappa shape index (κ3) is 5.39. The summed E-state index contributed by atoms with van der Waals surface area (Å²) in [4.78, 5) is 28.6. The van der Waals surface area contributed by atoms with E-state index in [0.29, 0.717) is 11.3 Å². The molecule has 0 radical (unpaired) electrons. The first kappa shape index (κ1) is 17.5. The first-order valence-electron chi connectivity index (χ1n) is 7.60. The van der Waals surface area contributed by atoms with Crippen molar-refractivity contribution in [3.63, 3.8) is 0 Å². The maximum Gasteiger partial charge on any atom is 0.408 e. The summed E-state index contributed by atoms with van der Waals surface area (Å²) in [5, 5.41) is 5.38. The fourth-order valence-corrected chi connectivity index (χ4v) is 2.02. The van der Waals surface area contributed by atoms with E-state index in [2.05, 4.69) is 15.6 Å². The molecule has 0 spiro atoms. The lowest BCUT2D eigenvalue weighted by atomic mass is 10.1. The van der Waals surface area contributed by atoms with E-state index in [9.17, 15) is 9.59 Å². The van der Waals surface area contributed by atoms with Crippen LogP contribution in [0.25, 0.3) is 0 Å². The molecule has 1 aromatic carbocycles. The van der Waals surface area contributed by atoms with Gasteiger partial charge in [-0.15, -0.1) is 0 Å². The van der Waals surface area contributed by atoms with Crippen LogP contribution in [-0.4, -0.2) is 22.6 Å². The third-order valence-electron chi connectivity index (χ3n) is 3.00. The zero-order valence-electron chi connectivity index (χ0n) is 13.9. The Hall–Kier alpha value is -2.89. The molecule has 0 saturated heterocycles. The molecule has 0 bridgehead atoms. The SMILES string of the molecule is CC(C)(C)OC(=O)N[C@H](C(=O)Nc1ccncc1)c1ccccc1. The Bertz CT molecular complexity index is 682. The maximum atomic E-state index is 12.6. The second-order valence-electron chi connectivity index (χ2n) is 6.22. The highest BCUT2D eigenvalue weighted by Crippen LogP contribution is 2.17. The van der Waals surface area contributed by atoms with E-state index in [1.54, 1.807) is 69.6 Å². The van der Waals surface area contributed by atoms with E-state index < -0.39 is 17.7 Å². The topological polar surface area (TPSA) is 80.3 Å². The van der Waals surface area contributed by atoms with Crippen LogP contribution < -0.4 is 10.6 Å². The van der Waals surface area contributed by atoms with Crippen molar-refractivity contribution in [3.8, 4) is 0 Å². The minimum absolute atomic E-state index is 0.363. The number of carbonyl (C=O) groups is 2. The lowest BCUT2D eigenvalue weighted by Crippen LogP contribution is -2.40. The lowest BCUT2D eigenvalue weighted by Gasteiger charge is -2.23. The number of nitrogens with zero attached hydrogens (tertiary/aromatic N) is 1. The number of nitrogens with one attached hydrogen (secondary N) is 2. The van der Waals surface area contributed by atoms with E-state index in [0.717, 1.165) is 0 Å². The van der Waals surface area contributed by atoms with Gasteiger partial charge in [-0.25, -0.2) is 4.79 Å². The van der Waals surface area contributed by atoms with Crippen molar-refractivity contribution in [2.24, 2.45) is 0 Å². The number of ether oxygens (including phenoxy) is 1. The van der Waals surface area contributed by atoms with Gasteiger partial charge in [0.15, 0.2) is 0 Å². The molecule has 0 fully saturated rings. The Balaban J connectivity index is 2.17. The summed E-state index contributed by atoms with van der Waals surface area (Å²) >= 11 is 0. The van der Waals surface area contributed by atoms with Crippen molar-refractivity contribution in [3.05, 3.63) is 60.4 Å². The van der Waals surface area contributed by atoms with E-state index in [-0.39, 0.29) is 5.91 Å². The minimum Gasteiger partial charge on any atom is -0.444 e. The van der Waals surface area contributed by atoms with Crippen LogP contribution in [0.2, 0.25) is 0 Å². The second kappa shape index (κ2) is 7.59. The molecule has 2 amide bonds. The summed E-state index contributed by atoms with van der Waals surface area (Å²) in [6, 6.07) is 11.5.